The molecule has 0 bridgehead atoms. The highest BCUT2D eigenvalue weighted by Gasteiger charge is 2.15. The van der Waals surface area contributed by atoms with Crippen LogP contribution in [-0.2, 0) is 21.2 Å². The van der Waals surface area contributed by atoms with Crippen molar-refractivity contribution in [3.8, 4) is 0 Å². The highest BCUT2D eigenvalue weighted by atomic mass is 32.2. The summed E-state index contributed by atoms with van der Waals surface area (Å²) in [6, 6.07) is 4.51. The number of nitrogens with two attached hydrogens (primary N) is 1. The molecule has 1 amide bonds. The van der Waals surface area contributed by atoms with Crippen LogP contribution in [0.3, 0.4) is 0 Å². The predicted octanol–water partition coefficient (Wildman–Crippen LogP) is 1.10. The van der Waals surface area contributed by atoms with Gasteiger partial charge in [-0.2, -0.15) is 0 Å². The molecule has 2 rings (SSSR count). The molecule has 0 spiro atoms. The average Bonchev–Trinajstić information content (AvgIpc) is 2.35. The van der Waals surface area contributed by atoms with E-state index in [0.717, 1.165) is 5.56 Å². The Morgan fingerprint density at radius 1 is 1.31 bits per heavy atom. The van der Waals surface area contributed by atoms with Gasteiger partial charge in [0.1, 0.15) is 0 Å². The number of nitrogens with one attached hydrogen (secondary N) is 1. The molecule has 0 atom stereocenters. The predicted molar refractivity (Wildman–Crippen MR) is 63.6 cm³/mol. The Labute approximate surface area is 96.7 Å². The third-order valence-electron chi connectivity index (χ3n) is 2.53. The molecule has 0 aliphatic carbocycles. The molecule has 3 N–H and O–H groups in total. The van der Waals surface area contributed by atoms with E-state index in [4.69, 9.17) is 5.14 Å². The second-order valence-corrected chi connectivity index (χ2v) is 5.33. The molecule has 0 saturated carbocycles. The molecular weight excluding hydrogens is 228 g/mol. The molecular formula is C10H16N2O3S. The van der Waals surface area contributed by atoms with Gasteiger partial charge in [-0.25, -0.2) is 13.6 Å². The molecule has 1 heterocycles. The van der Waals surface area contributed by atoms with Crippen LogP contribution in [0.5, 0.6) is 0 Å². The van der Waals surface area contributed by atoms with Gasteiger partial charge in [0.25, 0.3) is 0 Å². The number of amides is 1. The fraction of sp³-hybridized carbons (Fsp3) is 0.300. The average molecular weight is 244 g/mol. The monoisotopic (exact) mass is 244 g/mol. The normalized spacial score (nSPS) is 16.2. The number of anilines is 1. The molecule has 1 aromatic rings. The second-order valence-electron chi connectivity index (χ2n) is 3.77. The Bertz CT molecular complexity index is 546. The molecule has 0 aromatic heterocycles. The van der Waals surface area contributed by atoms with Gasteiger partial charge in [-0.3, -0.25) is 4.79 Å². The zero-order valence-electron chi connectivity index (χ0n) is 8.56. The number of carbonyl (C=O) groups excluding carboxylic acids is 1. The standard InChI is InChI=1S/C10H12N2O3S.2H2/c11-16(14,15)8-4-5-9-7(6-8)2-1-3-10(13)12-9;;/h4-6H,1-3H2,(H,12,13)(H2,11,14,15);2*1H. The minimum Gasteiger partial charge on any atom is -0.326 e. The maximum absolute atomic E-state index is 11.3. The molecule has 0 unspecified atom stereocenters. The summed E-state index contributed by atoms with van der Waals surface area (Å²) in [5, 5.41) is 7.77. The smallest absolute Gasteiger partial charge is 0.238 e. The Balaban J connectivity index is 0.00000144. The number of hydrogen-bond acceptors (Lipinski definition) is 3. The van der Waals surface area contributed by atoms with Crippen LogP contribution < -0.4 is 10.5 Å². The van der Waals surface area contributed by atoms with E-state index in [1.165, 1.54) is 12.1 Å². The van der Waals surface area contributed by atoms with Crippen molar-refractivity contribution < 1.29 is 16.1 Å². The molecule has 6 heteroatoms. The van der Waals surface area contributed by atoms with Crippen LogP contribution in [0.15, 0.2) is 23.1 Å². The third kappa shape index (κ3) is 2.23. The lowest BCUT2D eigenvalue weighted by atomic mass is 10.1. The van der Waals surface area contributed by atoms with Gasteiger partial charge in [0, 0.05) is 15.0 Å². The molecule has 5 nitrogen and oxygen atoms in total. The van der Waals surface area contributed by atoms with Crippen molar-refractivity contribution in [3.63, 3.8) is 0 Å². The quantitative estimate of drug-likeness (QED) is 0.775. The number of aryl methyl sites for hydroxylation is 1. The van der Waals surface area contributed by atoms with Crippen molar-refractivity contribution >= 4 is 21.6 Å². The highest BCUT2D eigenvalue weighted by Crippen LogP contribution is 2.24. The van der Waals surface area contributed by atoms with E-state index < -0.39 is 10.0 Å². The summed E-state index contributed by atoms with van der Waals surface area (Å²) in [6.07, 6.45) is 1.85. The zero-order chi connectivity index (χ0) is 11.8. The van der Waals surface area contributed by atoms with Crippen LogP contribution in [0, 0.1) is 0 Å². The summed E-state index contributed by atoms with van der Waals surface area (Å²) in [4.78, 5) is 11.4. The molecule has 0 fully saturated rings. The van der Waals surface area contributed by atoms with Crippen LogP contribution in [0.1, 0.15) is 21.3 Å². The fourth-order valence-electron chi connectivity index (χ4n) is 1.73. The summed E-state index contributed by atoms with van der Waals surface area (Å²) < 4.78 is 22.3. The van der Waals surface area contributed by atoms with Crippen molar-refractivity contribution in [2.75, 3.05) is 5.32 Å². The zero-order valence-corrected chi connectivity index (χ0v) is 9.38. The summed E-state index contributed by atoms with van der Waals surface area (Å²) in [6.45, 7) is 0. The van der Waals surface area contributed by atoms with Gasteiger partial charge < -0.3 is 5.32 Å². The maximum atomic E-state index is 11.3. The first kappa shape index (κ1) is 11.1. The minimum absolute atomic E-state index is 0. The lowest BCUT2D eigenvalue weighted by molar-refractivity contribution is -0.116. The number of sulfonamides is 1. The highest BCUT2D eigenvalue weighted by molar-refractivity contribution is 7.89. The molecule has 0 saturated heterocycles. The van der Waals surface area contributed by atoms with Gasteiger partial charge in [0.2, 0.25) is 15.9 Å². The summed E-state index contributed by atoms with van der Waals surface area (Å²) in [5.41, 5.74) is 1.49. The van der Waals surface area contributed by atoms with E-state index in [-0.39, 0.29) is 13.7 Å². The Kier molecular flexibility index (Phi) is 2.69. The van der Waals surface area contributed by atoms with E-state index >= 15 is 0 Å². The largest absolute Gasteiger partial charge is 0.326 e. The Hall–Kier alpha value is -1.40. The van der Waals surface area contributed by atoms with Gasteiger partial charge in [-0.15, -0.1) is 0 Å². The summed E-state index contributed by atoms with van der Waals surface area (Å²) in [5.74, 6) is -0.0397. The van der Waals surface area contributed by atoms with Crippen molar-refractivity contribution in [1.29, 1.82) is 0 Å². The topological polar surface area (TPSA) is 89.3 Å². The van der Waals surface area contributed by atoms with Crippen molar-refractivity contribution in [3.05, 3.63) is 23.8 Å². The fourth-order valence-corrected chi connectivity index (χ4v) is 2.29. The van der Waals surface area contributed by atoms with Gasteiger partial charge in [-0.1, -0.05) is 0 Å². The first-order valence-corrected chi connectivity index (χ1v) is 6.47. The molecule has 0 radical (unpaired) electrons. The van der Waals surface area contributed by atoms with E-state index in [1.54, 1.807) is 6.07 Å². The van der Waals surface area contributed by atoms with Crippen LogP contribution in [-0.4, -0.2) is 14.3 Å². The minimum atomic E-state index is -3.67. The van der Waals surface area contributed by atoms with E-state index in [1.807, 2.05) is 0 Å². The Morgan fingerprint density at radius 3 is 2.75 bits per heavy atom. The SMILES string of the molecule is NS(=O)(=O)c1ccc2c(c1)CCCC(=O)N2.[HH].[HH]. The Morgan fingerprint density at radius 2 is 2.06 bits per heavy atom. The van der Waals surface area contributed by atoms with Crippen LogP contribution >= 0.6 is 0 Å². The molecule has 16 heavy (non-hydrogen) atoms. The van der Waals surface area contributed by atoms with E-state index in [2.05, 4.69) is 5.32 Å². The molecule has 1 aliphatic heterocycles. The lowest BCUT2D eigenvalue weighted by Gasteiger charge is -2.07. The van der Waals surface area contributed by atoms with Crippen LogP contribution in [0.25, 0.3) is 0 Å². The van der Waals surface area contributed by atoms with Gasteiger partial charge in [0.15, 0.2) is 0 Å². The maximum Gasteiger partial charge on any atom is 0.238 e. The van der Waals surface area contributed by atoms with Crippen molar-refractivity contribution in [2.24, 2.45) is 5.14 Å². The van der Waals surface area contributed by atoms with Gasteiger partial charge >= 0.3 is 0 Å². The first-order valence-electron chi connectivity index (χ1n) is 4.92. The summed E-state index contributed by atoms with van der Waals surface area (Å²) in [7, 11) is -3.67. The van der Waals surface area contributed by atoms with Crippen molar-refractivity contribution in [1.82, 2.24) is 0 Å². The van der Waals surface area contributed by atoms with Gasteiger partial charge in [-0.05, 0) is 36.6 Å². The second kappa shape index (κ2) is 3.88. The first-order chi connectivity index (χ1) is 7.47. The number of carbonyl (C=O) groups is 1. The van der Waals surface area contributed by atoms with Crippen molar-refractivity contribution in [2.45, 2.75) is 24.2 Å². The molecule has 90 valence electrons. The van der Waals surface area contributed by atoms with Crippen LogP contribution in [0.2, 0.25) is 0 Å². The van der Waals surface area contributed by atoms with E-state index in [0.29, 0.717) is 24.9 Å². The lowest BCUT2D eigenvalue weighted by Crippen LogP contribution is -2.13. The number of benzene rings is 1. The number of rotatable bonds is 1. The van der Waals surface area contributed by atoms with Crippen LogP contribution in [0.4, 0.5) is 5.69 Å². The molecule has 1 aliphatic rings. The number of fused-ring (bicyclic) bond motifs is 1. The third-order valence-corrected chi connectivity index (χ3v) is 3.44. The van der Waals surface area contributed by atoms with E-state index in [9.17, 15) is 13.2 Å². The van der Waals surface area contributed by atoms with Gasteiger partial charge in [0.05, 0.1) is 4.90 Å². The number of hydrogen-bond donors (Lipinski definition) is 2. The summed E-state index contributed by atoms with van der Waals surface area (Å²) >= 11 is 0. The number of primary sulfonamides is 1. The molecule has 1 aromatic carbocycles.